The summed E-state index contributed by atoms with van der Waals surface area (Å²) < 4.78 is 5.36. The highest BCUT2D eigenvalue weighted by atomic mass is 16.5. The van der Waals surface area contributed by atoms with E-state index in [1.54, 1.807) is 7.11 Å². The van der Waals surface area contributed by atoms with Gasteiger partial charge in [-0.1, -0.05) is 91.0 Å². The van der Waals surface area contributed by atoms with Crippen molar-refractivity contribution in [1.82, 2.24) is 0 Å². The van der Waals surface area contributed by atoms with Crippen LogP contribution in [0.1, 0.15) is 0 Å². The molecule has 0 bridgehead atoms. The highest BCUT2D eigenvalue weighted by Gasteiger charge is 2.15. The lowest BCUT2D eigenvalue weighted by molar-refractivity contribution is 0.415. The molecule has 0 atom stereocenters. The topological polar surface area (TPSA) is 9.23 Å². The SMILES string of the molecule is COc1ccc(-c2c3ccccc3c(-c3ccccc3)c3ccccc23)cc1. The van der Waals surface area contributed by atoms with Crippen molar-refractivity contribution >= 4 is 21.5 Å². The van der Waals surface area contributed by atoms with Gasteiger partial charge in [0.05, 0.1) is 7.11 Å². The van der Waals surface area contributed by atoms with Gasteiger partial charge >= 0.3 is 0 Å². The second-order valence-electron chi connectivity index (χ2n) is 6.94. The monoisotopic (exact) mass is 360 g/mol. The first-order valence-electron chi connectivity index (χ1n) is 9.50. The molecule has 28 heavy (non-hydrogen) atoms. The van der Waals surface area contributed by atoms with Crippen molar-refractivity contribution in [3.05, 3.63) is 103 Å². The molecule has 0 unspecified atom stereocenters. The van der Waals surface area contributed by atoms with Crippen molar-refractivity contribution in [2.45, 2.75) is 0 Å². The van der Waals surface area contributed by atoms with Gasteiger partial charge in [0.15, 0.2) is 0 Å². The molecule has 0 spiro atoms. The smallest absolute Gasteiger partial charge is 0.118 e. The molecular weight excluding hydrogens is 340 g/mol. The number of ether oxygens (including phenoxy) is 1. The van der Waals surface area contributed by atoms with Crippen LogP contribution in [0.2, 0.25) is 0 Å². The first-order valence-corrected chi connectivity index (χ1v) is 9.50. The van der Waals surface area contributed by atoms with Crippen LogP contribution in [-0.4, -0.2) is 7.11 Å². The molecule has 0 aliphatic rings. The normalized spacial score (nSPS) is 11.0. The Labute approximate surface area is 164 Å². The number of hydrogen-bond donors (Lipinski definition) is 0. The molecule has 0 N–H and O–H groups in total. The molecule has 5 rings (SSSR count). The van der Waals surface area contributed by atoms with Crippen LogP contribution in [0.25, 0.3) is 43.8 Å². The van der Waals surface area contributed by atoms with Gasteiger partial charge in [-0.2, -0.15) is 0 Å². The predicted molar refractivity (Wildman–Crippen MR) is 119 cm³/mol. The lowest BCUT2D eigenvalue weighted by atomic mass is 9.86. The Morgan fingerprint density at radius 1 is 0.429 bits per heavy atom. The third-order valence-electron chi connectivity index (χ3n) is 5.37. The summed E-state index contributed by atoms with van der Waals surface area (Å²) >= 11 is 0. The number of benzene rings is 5. The van der Waals surface area contributed by atoms with E-state index in [-0.39, 0.29) is 0 Å². The third-order valence-corrected chi connectivity index (χ3v) is 5.37. The summed E-state index contributed by atoms with van der Waals surface area (Å²) in [6, 6.07) is 36.5. The third kappa shape index (κ3) is 2.64. The molecule has 0 fully saturated rings. The number of rotatable bonds is 3. The summed E-state index contributed by atoms with van der Waals surface area (Å²) in [4.78, 5) is 0. The largest absolute Gasteiger partial charge is 0.497 e. The first-order chi connectivity index (χ1) is 13.9. The Bertz CT molecular complexity index is 1210. The fourth-order valence-corrected chi connectivity index (χ4v) is 4.11. The molecule has 1 nitrogen and oxygen atoms in total. The van der Waals surface area contributed by atoms with Crippen molar-refractivity contribution in [3.63, 3.8) is 0 Å². The van der Waals surface area contributed by atoms with Crippen LogP contribution in [0.4, 0.5) is 0 Å². The zero-order chi connectivity index (χ0) is 18.9. The molecule has 134 valence electrons. The van der Waals surface area contributed by atoms with E-state index >= 15 is 0 Å². The van der Waals surface area contributed by atoms with Crippen LogP contribution < -0.4 is 4.74 Å². The van der Waals surface area contributed by atoms with E-state index in [1.807, 2.05) is 12.1 Å². The summed E-state index contributed by atoms with van der Waals surface area (Å²) in [5.74, 6) is 0.873. The molecule has 5 aromatic rings. The van der Waals surface area contributed by atoms with E-state index in [0.29, 0.717) is 0 Å². The highest BCUT2D eigenvalue weighted by molar-refractivity contribution is 6.21. The maximum absolute atomic E-state index is 5.36. The fourth-order valence-electron chi connectivity index (χ4n) is 4.11. The minimum absolute atomic E-state index is 0.873. The molecule has 0 saturated carbocycles. The van der Waals surface area contributed by atoms with Crippen molar-refractivity contribution < 1.29 is 4.74 Å². The maximum atomic E-state index is 5.36. The minimum atomic E-state index is 0.873. The van der Waals surface area contributed by atoms with Gasteiger partial charge in [-0.3, -0.25) is 0 Å². The molecule has 0 heterocycles. The van der Waals surface area contributed by atoms with E-state index in [1.165, 1.54) is 43.8 Å². The van der Waals surface area contributed by atoms with Crippen molar-refractivity contribution in [2.24, 2.45) is 0 Å². The number of fused-ring (bicyclic) bond motifs is 2. The quantitative estimate of drug-likeness (QED) is 0.306. The average Bonchev–Trinajstić information content (AvgIpc) is 2.78. The first kappa shape index (κ1) is 16.6. The summed E-state index contributed by atoms with van der Waals surface area (Å²) in [6.45, 7) is 0. The van der Waals surface area contributed by atoms with Crippen LogP contribution >= 0.6 is 0 Å². The highest BCUT2D eigenvalue weighted by Crippen LogP contribution is 2.43. The van der Waals surface area contributed by atoms with Gasteiger partial charge in [-0.05, 0) is 55.9 Å². The van der Waals surface area contributed by atoms with Crippen molar-refractivity contribution in [3.8, 4) is 28.0 Å². The van der Waals surface area contributed by atoms with Gasteiger partial charge in [0, 0.05) is 0 Å². The summed E-state index contributed by atoms with van der Waals surface area (Å²) in [7, 11) is 1.70. The van der Waals surface area contributed by atoms with Gasteiger partial charge in [0.1, 0.15) is 5.75 Å². The zero-order valence-electron chi connectivity index (χ0n) is 15.7. The molecule has 0 radical (unpaired) electrons. The Morgan fingerprint density at radius 2 is 0.821 bits per heavy atom. The van der Waals surface area contributed by atoms with E-state index in [9.17, 15) is 0 Å². The van der Waals surface area contributed by atoms with Crippen LogP contribution in [0.3, 0.4) is 0 Å². The molecule has 0 aliphatic carbocycles. The number of methoxy groups -OCH3 is 1. The van der Waals surface area contributed by atoms with E-state index in [4.69, 9.17) is 4.74 Å². The second kappa shape index (κ2) is 6.86. The lowest BCUT2D eigenvalue weighted by Gasteiger charge is -2.17. The molecule has 5 aromatic carbocycles. The lowest BCUT2D eigenvalue weighted by Crippen LogP contribution is -1.90. The fraction of sp³-hybridized carbons (Fsp3) is 0.0370. The Kier molecular flexibility index (Phi) is 4.06. The molecule has 1 heteroatoms. The van der Waals surface area contributed by atoms with Gasteiger partial charge in [-0.25, -0.2) is 0 Å². The second-order valence-corrected chi connectivity index (χ2v) is 6.94. The molecule has 0 saturated heterocycles. The molecule has 0 amide bonds. The Hall–Kier alpha value is -3.58. The molecule has 0 aliphatic heterocycles. The van der Waals surface area contributed by atoms with Gasteiger partial charge in [0.25, 0.3) is 0 Å². The van der Waals surface area contributed by atoms with Crippen LogP contribution in [-0.2, 0) is 0 Å². The average molecular weight is 360 g/mol. The number of hydrogen-bond acceptors (Lipinski definition) is 1. The van der Waals surface area contributed by atoms with Crippen molar-refractivity contribution in [1.29, 1.82) is 0 Å². The van der Waals surface area contributed by atoms with Crippen LogP contribution in [0, 0.1) is 0 Å². The Balaban J connectivity index is 1.94. The summed E-state index contributed by atoms with van der Waals surface area (Å²) in [6.07, 6.45) is 0. The van der Waals surface area contributed by atoms with Gasteiger partial charge < -0.3 is 4.74 Å². The van der Waals surface area contributed by atoms with Crippen LogP contribution in [0.15, 0.2) is 103 Å². The van der Waals surface area contributed by atoms with Crippen LogP contribution in [0.5, 0.6) is 5.75 Å². The molecular formula is C27H20O. The summed E-state index contributed by atoms with van der Waals surface area (Å²) in [5, 5.41) is 5.09. The maximum Gasteiger partial charge on any atom is 0.118 e. The molecule has 0 aromatic heterocycles. The van der Waals surface area contributed by atoms with E-state index < -0.39 is 0 Å². The van der Waals surface area contributed by atoms with Crippen molar-refractivity contribution in [2.75, 3.05) is 7.11 Å². The zero-order valence-corrected chi connectivity index (χ0v) is 15.7. The summed E-state index contributed by atoms with van der Waals surface area (Å²) in [5.41, 5.74) is 5.02. The van der Waals surface area contributed by atoms with Gasteiger partial charge in [-0.15, -0.1) is 0 Å². The van der Waals surface area contributed by atoms with E-state index in [0.717, 1.165) is 5.75 Å². The minimum Gasteiger partial charge on any atom is -0.497 e. The predicted octanol–water partition coefficient (Wildman–Crippen LogP) is 7.34. The standard InChI is InChI=1S/C27H20O/c1-28-21-17-15-20(16-18-21)27-24-13-7-5-11-22(24)26(19-9-3-2-4-10-19)23-12-6-8-14-25(23)27/h2-18H,1H3. The Morgan fingerprint density at radius 3 is 1.25 bits per heavy atom. The van der Waals surface area contributed by atoms with Gasteiger partial charge in [0.2, 0.25) is 0 Å². The van der Waals surface area contributed by atoms with E-state index in [2.05, 4.69) is 91.0 Å².